The maximum Gasteiger partial charge on any atom is 0.124 e. The topological polar surface area (TPSA) is 39.7 Å². The molecule has 1 aromatic rings. The Labute approximate surface area is 138 Å². The summed E-state index contributed by atoms with van der Waals surface area (Å²) in [6, 6.07) is 8.84. The van der Waals surface area contributed by atoms with Gasteiger partial charge in [0.25, 0.3) is 0 Å². The van der Waals surface area contributed by atoms with Gasteiger partial charge in [-0.05, 0) is 38.2 Å². The van der Waals surface area contributed by atoms with Crippen molar-refractivity contribution >= 4 is 0 Å². The van der Waals surface area contributed by atoms with Crippen molar-refractivity contribution < 1.29 is 14.2 Å². The Morgan fingerprint density at radius 2 is 2.13 bits per heavy atom. The molecule has 2 atom stereocenters. The quantitative estimate of drug-likeness (QED) is 0.818. The first-order valence-corrected chi connectivity index (χ1v) is 9.05. The molecule has 0 aromatic heterocycles. The summed E-state index contributed by atoms with van der Waals surface area (Å²) in [5, 5.41) is 3.68. The molecule has 1 saturated heterocycles. The van der Waals surface area contributed by atoms with E-state index in [4.69, 9.17) is 14.2 Å². The smallest absolute Gasteiger partial charge is 0.124 e. The van der Waals surface area contributed by atoms with Crippen LogP contribution in [0.3, 0.4) is 0 Å². The maximum atomic E-state index is 6.29. The lowest BCUT2D eigenvalue weighted by molar-refractivity contribution is -0.0380. The van der Waals surface area contributed by atoms with Crippen LogP contribution in [0.5, 0.6) is 5.75 Å². The van der Waals surface area contributed by atoms with Crippen LogP contribution in [0, 0.1) is 0 Å². The largest absolute Gasteiger partial charge is 0.487 e. The van der Waals surface area contributed by atoms with Gasteiger partial charge in [0.2, 0.25) is 0 Å². The Hall–Kier alpha value is -1.10. The zero-order chi connectivity index (χ0) is 15.5. The highest BCUT2D eigenvalue weighted by molar-refractivity contribution is 5.39. The number of rotatable bonds is 6. The maximum absolute atomic E-state index is 6.29. The highest BCUT2D eigenvalue weighted by Gasteiger charge is 2.45. The third-order valence-corrected chi connectivity index (χ3v) is 5.43. The number of nitrogens with one attached hydrogen (secondary N) is 1. The first kappa shape index (κ1) is 15.4. The third-order valence-electron chi connectivity index (χ3n) is 5.43. The van der Waals surface area contributed by atoms with Crippen LogP contribution in [0.4, 0.5) is 0 Å². The van der Waals surface area contributed by atoms with Gasteiger partial charge < -0.3 is 19.5 Å². The normalized spacial score (nSPS) is 28.2. The van der Waals surface area contributed by atoms with E-state index in [0.717, 1.165) is 45.0 Å². The van der Waals surface area contributed by atoms with Crippen molar-refractivity contribution in [2.45, 2.75) is 56.3 Å². The minimum absolute atomic E-state index is 0.0879. The molecule has 126 valence electrons. The van der Waals surface area contributed by atoms with E-state index in [1.54, 1.807) is 0 Å². The second-order valence-corrected chi connectivity index (χ2v) is 7.10. The van der Waals surface area contributed by atoms with Gasteiger partial charge in [0.1, 0.15) is 11.4 Å². The number of hydrogen-bond donors (Lipinski definition) is 1. The fourth-order valence-corrected chi connectivity index (χ4v) is 3.97. The molecule has 2 aliphatic heterocycles. The Kier molecular flexibility index (Phi) is 4.56. The molecule has 0 unspecified atom stereocenters. The lowest BCUT2D eigenvalue weighted by atomic mass is 9.73. The second-order valence-electron chi connectivity index (χ2n) is 7.10. The summed E-state index contributed by atoms with van der Waals surface area (Å²) in [7, 11) is 0. The molecule has 4 nitrogen and oxygen atoms in total. The summed E-state index contributed by atoms with van der Waals surface area (Å²) in [4.78, 5) is 0. The molecule has 1 saturated carbocycles. The Bertz CT molecular complexity index is 523. The average Bonchev–Trinajstić information content (AvgIpc) is 3.06. The number of ether oxygens (including phenoxy) is 3. The van der Waals surface area contributed by atoms with Crippen LogP contribution in [-0.4, -0.2) is 38.1 Å². The van der Waals surface area contributed by atoms with Crippen molar-refractivity contribution in [2.24, 2.45) is 0 Å². The van der Waals surface area contributed by atoms with Crippen LogP contribution < -0.4 is 10.1 Å². The fourth-order valence-electron chi connectivity index (χ4n) is 3.97. The highest BCUT2D eigenvalue weighted by atomic mass is 16.5. The van der Waals surface area contributed by atoms with E-state index in [2.05, 4.69) is 29.6 Å². The lowest BCUT2D eigenvalue weighted by Crippen LogP contribution is -2.49. The molecule has 1 N–H and O–H groups in total. The molecule has 0 amide bonds. The van der Waals surface area contributed by atoms with Gasteiger partial charge in [0.15, 0.2) is 0 Å². The predicted molar refractivity (Wildman–Crippen MR) is 88.8 cm³/mol. The second kappa shape index (κ2) is 6.80. The Morgan fingerprint density at radius 3 is 2.91 bits per heavy atom. The van der Waals surface area contributed by atoms with Gasteiger partial charge in [-0.25, -0.2) is 0 Å². The Morgan fingerprint density at radius 1 is 1.22 bits per heavy atom. The van der Waals surface area contributed by atoms with Gasteiger partial charge >= 0.3 is 0 Å². The van der Waals surface area contributed by atoms with E-state index in [-0.39, 0.29) is 5.60 Å². The zero-order valence-electron chi connectivity index (χ0n) is 13.8. The number of fused-ring (bicyclic) bond motifs is 1. The van der Waals surface area contributed by atoms with Crippen molar-refractivity contribution in [2.75, 3.05) is 26.4 Å². The van der Waals surface area contributed by atoms with Crippen LogP contribution in [-0.2, 0) is 9.47 Å². The van der Waals surface area contributed by atoms with Crippen molar-refractivity contribution in [1.29, 1.82) is 0 Å². The summed E-state index contributed by atoms with van der Waals surface area (Å²) in [6.45, 7) is 3.25. The molecule has 4 rings (SSSR count). The van der Waals surface area contributed by atoms with Crippen molar-refractivity contribution in [3.8, 4) is 5.75 Å². The minimum atomic E-state index is 0.0879. The molecule has 2 heterocycles. The molecule has 1 spiro atoms. The summed E-state index contributed by atoms with van der Waals surface area (Å²) in [5.41, 5.74) is 1.38. The average molecular weight is 317 g/mol. The van der Waals surface area contributed by atoms with E-state index >= 15 is 0 Å². The molecule has 2 fully saturated rings. The monoisotopic (exact) mass is 317 g/mol. The lowest BCUT2D eigenvalue weighted by Gasteiger charge is -2.48. The number of benzene rings is 1. The van der Waals surface area contributed by atoms with Gasteiger partial charge in [-0.3, -0.25) is 0 Å². The molecular weight excluding hydrogens is 290 g/mol. The van der Waals surface area contributed by atoms with Crippen LogP contribution in [0.15, 0.2) is 24.3 Å². The molecule has 0 bridgehead atoms. The van der Waals surface area contributed by atoms with E-state index in [0.29, 0.717) is 12.1 Å². The first-order valence-electron chi connectivity index (χ1n) is 9.05. The summed E-state index contributed by atoms with van der Waals surface area (Å²) in [5.74, 6) is 1.07. The van der Waals surface area contributed by atoms with Crippen LogP contribution in [0.25, 0.3) is 0 Å². The van der Waals surface area contributed by atoms with E-state index in [1.807, 2.05) is 0 Å². The highest BCUT2D eigenvalue weighted by Crippen LogP contribution is 2.48. The molecule has 1 aliphatic carbocycles. The first-order chi connectivity index (χ1) is 11.3. The Balaban J connectivity index is 1.29. The third kappa shape index (κ3) is 3.39. The predicted octanol–water partition coefficient (Wildman–Crippen LogP) is 3.22. The fraction of sp³-hybridized carbons (Fsp3) is 0.684. The van der Waals surface area contributed by atoms with Crippen LogP contribution in [0.1, 0.15) is 50.1 Å². The van der Waals surface area contributed by atoms with Crippen molar-refractivity contribution in [1.82, 2.24) is 5.32 Å². The zero-order valence-corrected chi connectivity index (χ0v) is 13.8. The van der Waals surface area contributed by atoms with Crippen LogP contribution >= 0.6 is 0 Å². The van der Waals surface area contributed by atoms with E-state index < -0.39 is 0 Å². The molecule has 1 aromatic carbocycles. The van der Waals surface area contributed by atoms with Crippen molar-refractivity contribution in [3.63, 3.8) is 0 Å². The van der Waals surface area contributed by atoms with E-state index in [1.165, 1.54) is 31.2 Å². The standard InChI is InChI=1S/C19H27NO3/c1-2-7-18-16(6-1)17(13-19(23-18)8-4-9-19)20-10-12-21-14-15-5-3-11-22-15/h1-2,6-7,15,17,20H,3-5,8-14H2/t15-,17-/m1/s1. The number of para-hydroxylation sites is 1. The summed E-state index contributed by atoms with van der Waals surface area (Å²) in [6.07, 6.45) is 7.38. The van der Waals surface area contributed by atoms with E-state index in [9.17, 15) is 0 Å². The summed E-state index contributed by atoms with van der Waals surface area (Å²) < 4.78 is 17.6. The van der Waals surface area contributed by atoms with Gasteiger partial charge in [-0.1, -0.05) is 18.2 Å². The van der Waals surface area contributed by atoms with Crippen LogP contribution in [0.2, 0.25) is 0 Å². The van der Waals surface area contributed by atoms with Gasteiger partial charge in [0.05, 0.1) is 19.3 Å². The van der Waals surface area contributed by atoms with Crippen molar-refractivity contribution in [3.05, 3.63) is 29.8 Å². The van der Waals surface area contributed by atoms with Gasteiger partial charge in [-0.2, -0.15) is 0 Å². The molecule has 23 heavy (non-hydrogen) atoms. The molecule has 4 heteroatoms. The minimum Gasteiger partial charge on any atom is -0.487 e. The molecule has 0 radical (unpaired) electrons. The van der Waals surface area contributed by atoms with Gasteiger partial charge in [0, 0.05) is 31.2 Å². The SMILES string of the molecule is c1ccc2c(c1)OC1(CCC1)C[C@H]2NCCOC[C@H]1CCCO1. The summed E-state index contributed by atoms with van der Waals surface area (Å²) >= 11 is 0. The number of hydrogen-bond acceptors (Lipinski definition) is 4. The molecular formula is C19H27NO3. The molecule has 3 aliphatic rings. The van der Waals surface area contributed by atoms with Gasteiger partial charge in [-0.15, -0.1) is 0 Å².